The second-order valence-corrected chi connectivity index (χ2v) is 8.49. The maximum atomic E-state index is 10.0. The monoisotopic (exact) mass is 170 g/mol. The number of aliphatic carboxylic acids is 1. The standard InChI is InChI=1S/C8H14O2Si/c1-11(2,3)7-5-4-6-8(9)10/h4-7H,1-3H3,(H,9,10)/b6-4-,7-5+. The Labute approximate surface area is 68.3 Å². The average Bonchev–Trinajstić information content (AvgIpc) is 1.78. The van der Waals surface area contributed by atoms with E-state index >= 15 is 0 Å². The summed E-state index contributed by atoms with van der Waals surface area (Å²) in [5.74, 6) is -0.898. The van der Waals surface area contributed by atoms with E-state index in [-0.39, 0.29) is 0 Å². The molecule has 0 saturated carbocycles. The van der Waals surface area contributed by atoms with Crippen LogP contribution >= 0.6 is 0 Å². The Bertz CT molecular complexity index is 187. The van der Waals surface area contributed by atoms with E-state index in [1.165, 1.54) is 0 Å². The van der Waals surface area contributed by atoms with Crippen molar-refractivity contribution in [3.8, 4) is 0 Å². The summed E-state index contributed by atoms with van der Waals surface area (Å²) >= 11 is 0. The van der Waals surface area contributed by atoms with Crippen LogP contribution in [0.25, 0.3) is 0 Å². The van der Waals surface area contributed by atoms with Crippen LogP contribution < -0.4 is 0 Å². The molecule has 0 fully saturated rings. The molecule has 0 aliphatic rings. The molecular weight excluding hydrogens is 156 g/mol. The molecule has 0 rings (SSSR count). The molecule has 0 atom stereocenters. The molecule has 0 spiro atoms. The molecule has 2 nitrogen and oxygen atoms in total. The first kappa shape index (κ1) is 10.2. The van der Waals surface area contributed by atoms with Gasteiger partial charge in [-0.3, -0.25) is 0 Å². The van der Waals surface area contributed by atoms with Crippen LogP contribution in [0.2, 0.25) is 19.6 Å². The Balaban J connectivity index is 3.88. The highest BCUT2D eigenvalue weighted by atomic mass is 28.3. The number of carboxylic acids is 1. The first-order valence-electron chi connectivity index (χ1n) is 3.51. The van der Waals surface area contributed by atoms with Gasteiger partial charge in [-0.2, -0.15) is 0 Å². The second-order valence-electron chi connectivity index (χ2n) is 3.42. The van der Waals surface area contributed by atoms with Crippen molar-refractivity contribution in [2.24, 2.45) is 0 Å². The van der Waals surface area contributed by atoms with Crippen LogP contribution in [-0.4, -0.2) is 19.1 Å². The highest BCUT2D eigenvalue weighted by molar-refractivity contribution is 6.80. The molecule has 0 unspecified atom stereocenters. The van der Waals surface area contributed by atoms with Gasteiger partial charge in [-0.1, -0.05) is 37.5 Å². The van der Waals surface area contributed by atoms with Crippen LogP contribution in [-0.2, 0) is 4.79 Å². The fourth-order valence-electron chi connectivity index (χ4n) is 0.482. The molecule has 0 radical (unpaired) electrons. The van der Waals surface area contributed by atoms with Gasteiger partial charge in [0, 0.05) is 6.08 Å². The van der Waals surface area contributed by atoms with Crippen molar-refractivity contribution in [1.82, 2.24) is 0 Å². The summed E-state index contributed by atoms with van der Waals surface area (Å²) in [5.41, 5.74) is 2.09. The van der Waals surface area contributed by atoms with Gasteiger partial charge in [0.05, 0.1) is 8.07 Å². The fourth-order valence-corrected chi connectivity index (χ4v) is 1.17. The van der Waals surface area contributed by atoms with Crippen LogP contribution in [0.5, 0.6) is 0 Å². The number of hydrogen-bond donors (Lipinski definition) is 1. The third-order valence-electron chi connectivity index (χ3n) is 0.946. The molecule has 0 bridgehead atoms. The van der Waals surface area contributed by atoms with E-state index in [9.17, 15) is 4.79 Å². The second kappa shape index (κ2) is 4.13. The van der Waals surface area contributed by atoms with Crippen LogP contribution in [0.15, 0.2) is 23.9 Å². The Morgan fingerprint density at radius 3 is 2.18 bits per heavy atom. The molecule has 0 aromatic rings. The Morgan fingerprint density at radius 1 is 1.27 bits per heavy atom. The van der Waals surface area contributed by atoms with Crippen LogP contribution in [0.4, 0.5) is 0 Å². The fraction of sp³-hybridized carbons (Fsp3) is 0.375. The first-order chi connectivity index (χ1) is 4.92. The van der Waals surface area contributed by atoms with Crippen molar-refractivity contribution in [2.75, 3.05) is 0 Å². The minimum Gasteiger partial charge on any atom is -0.478 e. The predicted octanol–water partition coefficient (Wildman–Crippen LogP) is 2.06. The van der Waals surface area contributed by atoms with Gasteiger partial charge in [0.1, 0.15) is 0 Å². The van der Waals surface area contributed by atoms with Crippen LogP contribution in [0.3, 0.4) is 0 Å². The van der Waals surface area contributed by atoms with Gasteiger partial charge >= 0.3 is 5.97 Å². The quantitative estimate of drug-likeness (QED) is 0.400. The zero-order chi connectivity index (χ0) is 8.91. The van der Waals surface area contributed by atoms with Crippen LogP contribution in [0.1, 0.15) is 0 Å². The van der Waals surface area contributed by atoms with Gasteiger partial charge < -0.3 is 5.11 Å². The molecule has 1 N–H and O–H groups in total. The molecule has 11 heavy (non-hydrogen) atoms. The molecule has 0 aliphatic heterocycles. The van der Waals surface area contributed by atoms with Crippen molar-refractivity contribution < 1.29 is 9.90 Å². The van der Waals surface area contributed by atoms with E-state index in [1.807, 2.05) is 0 Å². The predicted molar refractivity (Wildman–Crippen MR) is 49.3 cm³/mol. The summed E-state index contributed by atoms with van der Waals surface area (Å²) in [6, 6.07) is 0. The molecular formula is C8H14O2Si. The zero-order valence-corrected chi connectivity index (χ0v) is 8.16. The third kappa shape index (κ3) is 9.17. The molecule has 3 heteroatoms. The van der Waals surface area contributed by atoms with Gasteiger partial charge in [-0.25, -0.2) is 4.79 Å². The van der Waals surface area contributed by atoms with Gasteiger partial charge in [-0.15, -0.1) is 0 Å². The Hall–Kier alpha value is -0.833. The lowest BCUT2D eigenvalue weighted by Gasteiger charge is -2.06. The molecule has 0 aromatic heterocycles. The summed E-state index contributed by atoms with van der Waals surface area (Å²) < 4.78 is 0. The lowest BCUT2D eigenvalue weighted by Crippen LogP contribution is -2.14. The Kier molecular flexibility index (Phi) is 3.82. The molecule has 0 aliphatic carbocycles. The molecule has 0 amide bonds. The highest BCUT2D eigenvalue weighted by Crippen LogP contribution is 2.01. The van der Waals surface area contributed by atoms with E-state index in [0.29, 0.717) is 0 Å². The maximum Gasteiger partial charge on any atom is 0.328 e. The summed E-state index contributed by atoms with van der Waals surface area (Å²) in [5, 5.41) is 8.23. The van der Waals surface area contributed by atoms with E-state index < -0.39 is 14.0 Å². The zero-order valence-electron chi connectivity index (χ0n) is 7.16. The van der Waals surface area contributed by atoms with E-state index in [4.69, 9.17) is 5.11 Å². The third-order valence-corrected chi connectivity index (χ3v) is 2.14. The van der Waals surface area contributed by atoms with Gasteiger partial charge in [0.15, 0.2) is 0 Å². The minimum absolute atomic E-state index is 0.898. The normalized spacial score (nSPS) is 13.0. The summed E-state index contributed by atoms with van der Waals surface area (Å²) in [7, 11) is -1.15. The van der Waals surface area contributed by atoms with Crippen LogP contribution in [0, 0.1) is 0 Å². The van der Waals surface area contributed by atoms with E-state index in [2.05, 4.69) is 25.3 Å². The number of allylic oxidation sites excluding steroid dienone is 2. The summed E-state index contributed by atoms with van der Waals surface area (Å²) in [6.07, 6.45) is 4.50. The number of carbonyl (C=O) groups is 1. The molecule has 62 valence electrons. The average molecular weight is 170 g/mol. The topological polar surface area (TPSA) is 37.3 Å². The smallest absolute Gasteiger partial charge is 0.328 e. The highest BCUT2D eigenvalue weighted by Gasteiger charge is 2.05. The lowest BCUT2D eigenvalue weighted by atomic mass is 10.5. The van der Waals surface area contributed by atoms with Gasteiger partial charge in [-0.05, 0) is 0 Å². The Morgan fingerprint density at radius 2 is 1.82 bits per heavy atom. The molecule has 0 heterocycles. The van der Waals surface area contributed by atoms with Crippen molar-refractivity contribution in [2.45, 2.75) is 19.6 Å². The van der Waals surface area contributed by atoms with Crippen molar-refractivity contribution in [1.29, 1.82) is 0 Å². The summed E-state index contributed by atoms with van der Waals surface area (Å²) in [4.78, 5) is 10.0. The van der Waals surface area contributed by atoms with E-state index in [0.717, 1.165) is 6.08 Å². The van der Waals surface area contributed by atoms with Crippen molar-refractivity contribution in [3.05, 3.63) is 23.9 Å². The molecule has 0 aromatic carbocycles. The molecule has 0 saturated heterocycles. The van der Waals surface area contributed by atoms with Gasteiger partial charge in [0.2, 0.25) is 0 Å². The maximum absolute atomic E-state index is 10.0. The lowest BCUT2D eigenvalue weighted by molar-refractivity contribution is -0.131. The summed E-state index contributed by atoms with van der Waals surface area (Å²) in [6.45, 7) is 6.58. The van der Waals surface area contributed by atoms with E-state index in [1.54, 1.807) is 12.2 Å². The van der Waals surface area contributed by atoms with Crippen molar-refractivity contribution >= 4 is 14.0 Å². The number of carboxylic acid groups (broad SMARTS) is 1. The number of hydrogen-bond acceptors (Lipinski definition) is 1. The largest absolute Gasteiger partial charge is 0.478 e. The van der Waals surface area contributed by atoms with Gasteiger partial charge in [0.25, 0.3) is 0 Å². The number of rotatable bonds is 3. The minimum atomic E-state index is -1.15. The first-order valence-corrected chi connectivity index (χ1v) is 7.08. The van der Waals surface area contributed by atoms with Crippen molar-refractivity contribution in [3.63, 3.8) is 0 Å². The SMILES string of the molecule is C[Si](C)(C)/C=C/C=C\C(=O)O.